The maximum absolute atomic E-state index is 12.7. The summed E-state index contributed by atoms with van der Waals surface area (Å²) in [4.78, 5) is 28.9. The summed E-state index contributed by atoms with van der Waals surface area (Å²) in [6.45, 7) is 2.05. The number of benzene rings is 2. The Bertz CT molecular complexity index is 875. The van der Waals surface area contributed by atoms with E-state index in [1.807, 2.05) is 6.07 Å². The maximum atomic E-state index is 12.7. The monoisotopic (exact) mass is 367 g/mol. The van der Waals surface area contributed by atoms with Crippen molar-refractivity contribution in [3.8, 4) is 6.07 Å². The molecular weight excluding hydrogens is 350 g/mol. The van der Waals surface area contributed by atoms with Crippen LogP contribution >= 0.6 is 11.6 Å². The molecule has 0 radical (unpaired) electrons. The predicted molar refractivity (Wildman–Crippen MR) is 99.0 cm³/mol. The van der Waals surface area contributed by atoms with Crippen LogP contribution in [0, 0.1) is 11.3 Å². The summed E-state index contributed by atoms with van der Waals surface area (Å²) in [5, 5.41) is 9.43. The summed E-state index contributed by atoms with van der Waals surface area (Å²) in [7, 11) is 0. The van der Waals surface area contributed by atoms with Gasteiger partial charge in [0.1, 0.15) is 0 Å². The summed E-state index contributed by atoms with van der Waals surface area (Å²) in [6, 6.07) is 15.7. The van der Waals surface area contributed by atoms with Gasteiger partial charge in [-0.1, -0.05) is 29.8 Å². The lowest BCUT2D eigenvalue weighted by atomic mass is 10.1. The molecule has 5 nitrogen and oxygen atoms in total. The van der Waals surface area contributed by atoms with Gasteiger partial charge in [-0.15, -0.1) is 0 Å². The van der Waals surface area contributed by atoms with Crippen molar-refractivity contribution in [1.29, 1.82) is 5.26 Å². The van der Waals surface area contributed by atoms with E-state index in [2.05, 4.69) is 0 Å². The molecule has 0 N–H and O–H groups in total. The van der Waals surface area contributed by atoms with Gasteiger partial charge in [-0.2, -0.15) is 5.26 Å². The molecule has 1 aliphatic heterocycles. The van der Waals surface area contributed by atoms with Crippen molar-refractivity contribution in [1.82, 2.24) is 9.80 Å². The first kappa shape index (κ1) is 18.0. The molecule has 26 heavy (non-hydrogen) atoms. The zero-order chi connectivity index (χ0) is 18.5. The number of nitrogens with zero attached hydrogens (tertiary/aromatic N) is 3. The second-order valence-corrected chi connectivity index (χ2v) is 6.52. The molecule has 3 rings (SSSR count). The number of carbonyl (C=O) groups excluding carboxylic acids is 2. The Balaban J connectivity index is 1.70. The zero-order valence-corrected chi connectivity index (χ0v) is 14.9. The van der Waals surface area contributed by atoms with E-state index in [0.29, 0.717) is 54.3 Å². The highest BCUT2D eigenvalue weighted by atomic mass is 35.5. The van der Waals surface area contributed by atoms with E-state index in [0.717, 1.165) is 0 Å². The lowest BCUT2D eigenvalue weighted by Gasteiger charge is -2.22. The molecule has 0 saturated carbocycles. The van der Waals surface area contributed by atoms with E-state index >= 15 is 0 Å². The molecule has 0 unspecified atom stereocenters. The first-order chi connectivity index (χ1) is 12.6. The van der Waals surface area contributed by atoms with E-state index in [1.165, 1.54) is 0 Å². The Morgan fingerprint density at radius 2 is 1.62 bits per heavy atom. The van der Waals surface area contributed by atoms with Gasteiger partial charge in [0.15, 0.2) is 0 Å². The predicted octanol–water partition coefficient (Wildman–Crippen LogP) is 3.20. The Morgan fingerprint density at radius 1 is 0.923 bits per heavy atom. The van der Waals surface area contributed by atoms with Crippen molar-refractivity contribution in [3.05, 3.63) is 70.2 Å². The Hall–Kier alpha value is -2.84. The number of carbonyl (C=O) groups is 2. The molecule has 0 aliphatic carbocycles. The minimum Gasteiger partial charge on any atom is -0.337 e. The molecule has 1 fully saturated rings. The van der Waals surface area contributed by atoms with Crippen molar-refractivity contribution in [2.45, 2.75) is 6.42 Å². The highest BCUT2D eigenvalue weighted by Crippen LogP contribution is 2.18. The maximum Gasteiger partial charge on any atom is 0.255 e. The third-order valence-corrected chi connectivity index (χ3v) is 4.74. The molecular formula is C20H18ClN3O2. The minimum atomic E-state index is -0.117. The third-order valence-electron chi connectivity index (χ3n) is 4.41. The van der Waals surface area contributed by atoms with E-state index in [9.17, 15) is 9.59 Å². The van der Waals surface area contributed by atoms with E-state index in [1.54, 1.807) is 58.3 Å². The Kier molecular flexibility index (Phi) is 5.55. The molecule has 0 spiro atoms. The van der Waals surface area contributed by atoms with Gasteiger partial charge in [0.05, 0.1) is 22.2 Å². The van der Waals surface area contributed by atoms with Crippen LogP contribution in [0.4, 0.5) is 0 Å². The summed E-state index contributed by atoms with van der Waals surface area (Å²) in [5.74, 6) is -0.231. The number of hydrogen-bond acceptors (Lipinski definition) is 3. The van der Waals surface area contributed by atoms with Gasteiger partial charge in [-0.3, -0.25) is 9.59 Å². The SMILES string of the molecule is N#Cc1cccc(C(=O)N2CCCN(C(=O)c3ccccc3Cl)CC2)c1. The first-order valence-corrected chi connectivity index (χ1v) is 8.81. The van der Waals surface area contributed by atoms with Gasteiger partial charge in [0, 0.05) is 31.7 Å². The van der Waals surface area contributed by atoms with Crippen LogP contribution in [0.5, 0.6) is 0 Å². The quantitative estimate of drug-likeness (QED) is 0.818. The lowest BCUT2D eigenvalue weighted by molar-refractivity contribution is 0.0719. The van der Waals surface area contributed by atoms with E-state index in [-0.39, 0.29) is 11.8 Å². The molecule has 1 heterocycles. The summed E-state index contributed by atoms with van der Waals surface area (Å²) >= 11 is 6.13. The van der Waals surface area contributed by atoms with Crippen molar-refractivity contribution < 1.29 is 9.59 Å². The number of amides is 2. The van der Waals surface area contributed by atoms with Crippen LogP contribution in [0.25, 0.3) is 0 Å². The normalized spacial score (nSPS) is 14.5. The standard InChI is InChI=1S/C20H18ClN3O2/c21-18-8-2-1-7-17(18)20(26)24-10-4-9-23(11-12-24)19(25)16-6-3-5-15(13-16)14-22/h1-3,5-8,13H,4,9-12H2. The summed E-state index contributed by atoms with van der Waals surface area (Å²) in [6.07, 6.45) is 0.694. The van der Waals surface area contributed by atoms with Gasteiger partial charge in [-0.25, -0.2) is 0 Å². The fourth-order valence-electron chi connectivity index (χ4n) is 3.03. The molecule has 132 valence electrons. The van der Waals surface area contributed by atoms with Crippen LogP contribution in [0.2, 0.25) is 5.02 Å². The molecule has 2 aromatic rings. The molecule has 2 amide bonds. The Morgan fingerprint density at radius 3 is 2.31 bits per heavy atom. The topological polar surface area (TPSA) is 64.4 Å². The average Bonchev–Trinajstić information content (AvgIpc) is 2.93. The van der Waals surface area contributed by atoms with E-state index in [4.69, 9.17) is 16.9 Å². The van der Waals surface area contributed by atoms with Gasteiger partial charge >= 0.3 is 0 Å². The van der Waals surface area contributed by atoms with Gasteiger partial charge < -0.3 is 9.80 Å². The van der Waals surface area contributed by atoms with Crippen molar-refractivity contribution in [2.24, 2.45) is 0 Å². The molecule has 6 heteroatoms. The third kappa shape index (κ3) is 3.87. The van der Waals surface area contributed by atoms with Gasteiger partial charge in [-0.05, 0) is 36.8 Å². The second-order valence-electron chi connectivity index (χ2n) is 6.11. The molecule has 0 atom stereocenters. The van der Waals surface area contributed by atoms with Crippen LogP contribution < -0.4 is 0 Å². The first-order valence-electron chi connectivity index (χ1n) is 8.43. The zero-order valence-electron chi connectivity index (χ0n) is 14.2. The molecule has 1 aliphatic rings. The van der Waals surface area contributed by atoms with Crippen molar-refractivity contribution >= 4 is 23.4 Å². The molecule has 0 bridgehead atoms. The van der Waals surface area contributed by atoms with Crippen LogP contribution in [0.3, 0.4) is 0 Å². The number of hydrogen-bond donors (Lipinski definition) is 0. The van der Waals surface area contributed by atoms with Crippen LogP contribution in [-0.4, -0.2) is 47.8 Å². The minimum absolute atomic E-state index is 0.114. The molecule has 2 aromatic carbocycles. The summed E-state index contributed by atoms with van der Waals surface area (Å²) < 4.78 is 0. The summed E-state index contributed by atoms with van der Waals surface area (Å²) in [5.41, 5.74) is 1.44. The lowest BCUT2D eigenvalue weighted by Crippen LogP contribution is -2.37. The highest BCUT2D eigenvalue weighted by molar-refractivity contribution is 6.33. The van der Waals surface area contributed by atoms with Crippen LogP contribution in [0.15, 0.2) is 48.5 Å². The number of nitriles is 1. The second kappa shape index (κ2) is 8.03. The van der Waals surface area contributed by atoms with Gasteiger partial charge in [0.25, 0.3) is 11.8 Å². The van der Waals surface area contributed by atoms with Gasteiger partial charge in [0.2, 0.25) is 0 Å². The van der Waals surface area contributed by atoms with Crippen LogP contribution in [0.1, 0.15) is 32.7 Å². The van der Waals surface area contributed by atoms with E-state index < -0.39 is 0 Å². The smallest absolute Gasteiger partial charge is 0.255 e. The fraction of sp³-hybridized carbons (Fsp3) is 0.250. The number of halogens is 1. The Labute approximate surface area is 157 Å². The fourth-order valence-corrected chi connectivity index (χ4v) is 3.25. The van der Waals surface area contributed by atoms with Crippen molar-refractivity contribution in [2.75, 3.05) is 26.2 Å². The molecule has 1 saturated heterocycles. The number of rotatable bonds is 2. The molecule has 0 aromatic heterocycles. The largest absolute Gasteiger partial charge is 0.337 e. The van der Waals surface area contributed by atoms with Crippen LogP contribution in [-0.2, 0) is 0 Å². The highest BCUT2D eigenvalue weighted by Gasteiger charge is 2.24. The van der Waals surface area contributed by atoms with Crippen molar-refractivity contribution in [3.63, 3.8) is 0 Å². The average molecular weight is 368 g/mol.